The van der Waals surface area contributed by atoms with Crippen LogP contribution >= 0.6 is 0 Å². The number of aromatic nitrogens is 2. The molecule has 1 aromatic rings. The van der Waals surface area contributed by atoms with Gasteiger partial charge in [-0.1, -0.05) is 12.2 Å². The average molecular weight is 286 g/mol. The maximum absolute atomic E-state index is 13.9. The van der Waals surface area contributed by atoms with Crippen LogP contribution in [0.4, 0.5) is 4.39 Å². The standard InChI is InChI=1S/C12H15FN2O5/c1-2-3-6-4-15(12(19)14-10(6)18)11-8(13)9(17)7(5-16)20-11/h2-4,7-9,11,16-17H,5H2,1H3,(H,14,18,19)/b3-2+/t7-,8+,9?,11-/m1/s1. The van der Waals surface area contributed by atoms with Crippen LogP contribution in [0.5, 0.6) is 0 Å². The number of hydrogen-bond acceptors (Lipinski definition) is 5. The number of aromatic amines is 1. The molecule has 2 heterocycles. The van der Waals surface area contributed by atoms with E-state index >= 15 is 0 Å². The first-order chi connectivity index (χ1) is 9.49. The number of aliphatic hydroxyl groups excluding tert-OH is 2. The molecular formula is C12H15FN2O5. The van der Waals surface area contributed by atoms with Crippen molar-refractivity contribution >= 4 is 6.08 Å². The van der Waals surface area contributed by atoms with E-state index in [9.17, 15) is 19.1 Å². The van der Waals surface area contributed by atoms with E-state index < -0.39 is 42.5 Å². The fourth-order valence-corrected chi connectivity index (χ4v) is 2.07. The second kappa shape index (κ2) is 5.70. The number of rotatable bonds is 3. The normalized spacial score (nSPS) is 30.2. The minimum absolute atomic E-state index is 0.157. The Morgan fingerprint density at radius 2 is 2.25 bits per heavy atom. The van der Waals surface area contributed by atoms with Crippen molar-refractivity contribution in [2.75, 3.05) is 6.61 Å². The molecule has 2 rings (SSSR count). The van der Waals surface area contributed by atoms with Gasteiger partial charge in [0.05, 0.1) is 12.2 Å². The Labute approximate surface area is 112 Å². The second-order valence-electron chi connectivity index (χ2n) is 4.43. The molecule has 1 aliphatic heterocycles. The van der Waals surface area contributed by atoms with Crippen molar-refractivity contribution in [1.82, 2.24) is 9.55 Å². The average Bonchev–Trinajstić information content (AvgIpc) is 2.70. The monoisotopic (exact) mass is 286 g/mol. The van der Waals surface area contributed by atoms with Gasteiger partial charge >= 0.3 is 5.69 Å². The molecule has 7 nitrogen and oxygen atoms in total. The molecule has 0 aromatic carbocycles. The fourth-order valence-electron chi connectivity index (χ4n) is 2.07. The van der Waals surface area contributed by atoms with Gasteiger partial charge in [-0.3, -0.25) is 14.3 Å². The Morgan fingerprint density at radius 1 is 1.55 bits per heavy atom. The highest BCUT2D eigenvalue weighted by Crippen LogP contribution is 2.30. The van der Waals surface area contributed by atoms with E-state index in [2.05, 4.69) is 0 Å². The Kier molecular flexibility index (Phi) is 4.17. The van der Waals surface area contributed by atoms with E-state index in [1.54, 1.807) is 13.0 Å². The summed E-state index contributed by atoms with van der Waals surface area (Å²) in [7, 11) is 0. The maximum atomic E-state index is 13.9. The molecule has 3 N–H and O–H groups in total. The van der Waals surface area contributed by atoms with Crippen molar-refractivity contribution in [3.63, 3.8) is 0 Å². The van der Waals surface area contributed by atoms with Crippen LogP contribution in [-0.2, 0) is 4.74 Å². The zero-order valence-corrected chi connectivity index (χ0v) is 10.7. The summed E-state index contributed by atoms with van der Waals surface area (Å²) in [5.74, 6) is 0. The van der Waals surface area contributed by atoms with E-state index in [4.69, 9.17) is 9.84 Å². The quantitative estimate of drug-likeness (QED) is 0.672. The largest absolute Gasteiger partial charge is 0.394 e. The minimum Gasteiger partial charge on any atom is -0.394 e. The summed E-state index contributed by atoms with van der Waals surface area (Å²) < 4.78 is 19.9. The molecule has 1 aliphatic rings. The number of aliphatic hydroxyl groups is 2. The third-order valence-electron chi connectivity index (χ3n) is 3.09. The lowest BCUT2D eigenvalue weighted by Crippen LogP contribution is -2.36. The number of hydrogen-bond donors (Lipinski definition) is 3. The van der Waals surface area contributed by atoms with E-state index in [0.29, 0.717) is 0 Å². The number of nitrogens with zero attached hydrogens (tertiary/aromatic N) is 1. The number of halogens is 1. The predicted octanol–water partition coefficient (Wildman–Crippen LogP) is -0.842. The Hall–Kier alpha value is -1.77. The molecule has 4 atom stereocenters. The Bertz CT molecular complexity index is 623. The molecule has 8 heteroatoms. The van der Waals surface area contributed by atoms with Gasteiger partial charge in [0.15, 0.2) is 12.4 Å². The summed E-state index contributed by atoms with van der Waals surface area (Å²) in [6, 6.07) is 0. The number of H-pyrrole nitrogens is 1. The molecule has 20 heavy (non-hydrogen) atoms. The van der Waals surface area contributed by atoms with Gasteiger partial charge < -0.3 is 14.9 Å². The van der Waals surface area contributed by atoms with Crippen molar-refractivity contribution in [2.45, 2.75) is 31.5 Å². The molecule has 0 aliphatic carbocycles. The van der Waals surface area contributed by atoms with Crippen LogP contribution < -0.4 is 11.2 Å². The van der Waals surface area contributed by atoms with Crippen LogP contribution in [0.3, 0.4) is 0 Å². The van der Waals surface area contributed by atoms with Crippen LogP contribution in [0.2, 0.25) is 0 Å². The predicted molar refractivity (Wildman–Crippen MR) is 67.9 cm³/mol. The van der Waals surface area contributed by atoms with Gasteiger partial charge in [-0.15, -0.1) is 0 Å². The summed E-state index contributed by atoms with van der Waals surface area (Å²) >= 11 is 0. The maximum Gasteiger partial charge on any atom is 0.330 e. The molecule has 1 aromatic heterocycles. The Balaban J connectivity index is 2.46. The lowest BCUT2D eigenvalue weighted by molar-refractivity contribution is -0.0491. The first-order valence-electron chi connectivity index (χ1n) is 6.06. The highest BCUT2D eigenvalue weighted by Gasteiger charge is 2.45. The molecule has 0 saturated carbocycles. The van der Waals surface area contributed by atoms with Crippen LogP contribution in [-0.4, -0.2) is 44.8 Å². The molecule has 1 unspecified atom stereocenters. The summed E-state index contributed by atoms with van der Waals surface area (Å²) in [5, 5.41) is 18.5. The Morgan fingerprint density at radius 3 is 2.80 bits per heavy atom. The fraction of sp³-hybridized carbons (Fsp3) is 0.500. The van der Waals surface area contributed by atoms with Gasteiger partial charge in [0.25, 0.3) is 5.56 Å². The molecule has 0 bridgehead atoms. The zero-order valence-electron chi connectivity index (χ0n) is 10.7. The van der Waals surface area contributed by atoms with Gasteiger partial charge in [-0.05, 0) is 6.92 Å². The molecule has 1 saturated heterocycles. The van der Waals surface area contributed by atoms with E-state index in [1.807, 2.05) is 4.98 Å². The summed E-state index contributed by atoms with van der Waals surface area (Å²) in [6.45, 7) is 1.11. The van der Waals surface area contributed by atoms with Gasteiger partial charge in [0, 0.05) is 6.20 Å². The lowest BCUT2D eigenvalue weighted by atomic mass is 10.1. The smallest absolute Gasteiger partial charge is 0.330 e. The highest BCUT2D eigenvalue weighted by molar-refractivity contribution is 5.45. The first-order valence-corrected chi connectivity index (χ1v) is 6.06. The first kappa shape index (κ1) is 14.6. The van der Waals surface area contributed by atoms with E-state index in [1.165, 1.54) is 6.08 Å². The summed E-state index contributed by atoms with van der Waals surface area (Å²) in [6.07, 6.45) is -1.72. The number of nitrogens with one attached hydrogen (secondary N) is 1. The highest BCUT2D eigenvalue weighted by atomic mass is 19.1. The van der Waals surface area contributed by atoms with E-state index in [0.717, 1.165) is 10.8 Å². The molecule has 0 spiro atoms. The number of alkyl halides is 1. The van der Waals surface area contributed by atoms with Gasteiger partial charge in [0.2, 0.25) is 0 Å². The van der Waals surface area contributed by atoms with E-state index in [-0.39, 0.29) is 5.56 Å². The summed E-state index contributed by atoms with van der Waals surface area (Å²) in [4.78, 5) is 25.3. The van der Waals surface area contributed by atoms with Gasteiger partial charge in [-0.25, -0.2) is 9.18 Å². The zero-order chi connectivity index (χ0) is 14.9. The topological polar surface area (TPSA) is 105 Å². The van der Waals surface area contributed by atoms with Crippen molar-refractivity contribution in [1.29, 1.82) is 0 Å². The SMILES string of the molecule is C/C=C/c1cn([C@@H]2O[C@H](CO)C(O)[C@@H]2F)c(=O)[nH]c1=O. The van der Waals surface area contributed by atoms with Crippen LogP contribution in [0.25, 0.3) is 6.08 Å². The van der Waals surface area contributed by atoms with Crippen molar-refractivity contribution < 1.29 is 19.3 Å². The van der Waals surface area contributed by atoms with Crippen molar-refractivity contribution in [3.8, 4) is 0 Å². The molecule has 0 amide bonds. The van der Waals surface area contributed by atoms with Crippen molar-refractivity contribution in [2.24, 2.45) is 0 Å². The van der Waals surface area contributed by atoms with Crippen LogP contribution in [0.15, 0.2) is 21.9 Å². The molecule has 110 valence electrons. The molecule has 1 fully saturated rings. The number of ether oxygens (including phenoxy) is 1. The molecular weight excluding hydrogens is 271 g/mol. The van der Waals surface area contributed by atoms with Crippen LogP contribution in [0, 0.1) is 0 Å². The lowest BCUT2D eigenvalue weighted by Gasteiger charge is -2.16. The third kappa shape index (κ3) is 2.45. The third-order valence-corrected chi connectivity index (χ3v) is 3.09. The number of allylic oxidation sites excluding steroid dienone is 1. The minimum atomic E-state index is -1.88. The van der Waals surface area contributed by atoms with Crippen molar-refractivity contribution in [3.05, 3.63) is 38.7 Å². The summed E-state index contributed by atoms with van der Waals surface area (Å²) in [5.41, 5.74) is -1.29. The second-order valence-corrected chi connectivity index (χ2v) is 4.43. The molecule has 0 radical (unpaired) electrons. The van der Waals surface area contributed by atoms with Crippen LogP contribution in [0.1, 0.15) is 18.7 Å². The van der Waals surface area contributed by atoms with Gasteiger partial charge in [-0.2, -0.15) is 0 Å². The van der Waals surface area contributed by atoms with Gasteiger partial charge in [0.1, 0.15) is 12.2 Å².